The molecule has 2 aromatic rings. The lowest BCUT2D eigenvalue weighted by Gasteiger charge is -2.18. The molecule has 30 heavy (non-hydrogen) atoms. The topological polar surface area (TPSA) is 105 Å². The first-order valence-electron chi connectivity index (χ1n) is 9.13. The van der Waals surface area contributed by atoms with Crippen molar-refractivity contribution in [1.82, 2.24) is 5.32 Å². The van der Waals surface area contributed by atoms with Gasteiger partial charge in [0.2, 0.25) is 10.0 Å². The fraction of sp³-hybridized carbons (Fsp3) is 0.238. The number of amides is 2. The van der Waals surface area contributed by atoms with Gasteiger partial charge in [0.1, 0.15) is 5.75 Å². The Morgan fingerprint density at radius 1 is 1.17 bits per heavy atom. The van der Waals surface area contributed by atoms with E-state index in [9.17, 15) is 18.0 Å². The second kappa shape index (κ2) is 9.93. The number of carbonyl (C=O) groups is 2. The Labute approximate surface area is 176 Å². The molecule has 2 N–H and O–H groups in total. The third-order valence-corrected chi connectivity index (χ3v) is 5.42. The predicted molar refractivity (Wildman–Crippen MR) is 117 cm³/mol. The molecule has 2 aromatic carbocycles. The molecule has 0 spiro atoms. The number of para-hydroxylation sites is 1. The summed E-state index contributed by atoms with van der Waals surface area (Å²) in [5.74, 6) is -0.360. The quantitative estimate of drug-likeness (QED) is 0.593. The predicted octanol–water partition coefficient (Wildman–Crippen LogP) is 2.40. The van der Waals surface area contributed by atoms with E-state index in [0.717, 1.165) is 10.6 Å². The highest BCUT2D eigenvalue weighted by Crippen LogP contribution is 2.22. The number of carbonyl (C=O) groups excluding carboxylic acids is 2. The van der Waals surface area contributed by atoms with Gasteiger partial charge in [-0.05, 0) is 43.3 Å². The zero-order chi connectivity index (χ0) is 22.3. The van der Waals surface area contributed by atoms with Gasteiger partial charge in [-0.1, -0.05) is 18.2 Å². The molecule has 2 rings (SSSR count). The molecule has 0 radical (unpaired) electrons. The minimum atomic E-state index is -3.37. The molecule has 0 fully saturated rings. The zero-order valence-electron chi connectivity index (χ0n) is 17.1. The monoisotopic (exact) mass is 431 g/mol. The molecule has 1 unspecified atom stereocenters. The van der Waals surface area contributed by atoms with Crippen LogP contribution in [0.3, 0.4) is 0 Å². The minimum absolute atomic E-state index is 0.311. The van der Waals surface area contributed by atoms with Crippen molar-refractivity contribution in [1.29, 1.82) is 0 Å². The number of rotatable bonds is 9. The van der Waals surface area contributed by atoms with E-state index >= 15 is 0 Å². The average Bonchev–Trinajstić information content (AvgIpc) is 2.71. The summed E-state index contributed by atoms with van der Waals surface area (Å²) in [5.41, 5.74) is 1.17. The Bertz CT molecular complexity index is 1020. The highest BCUT2D eigenvalue weighted by atomic mass is 32.2. The van der Waals surface area contributed by atoms with Crippen molar-refractivity contribution in [2.45, 2.75) is 13.0 Å². The van der Waals surface area contributed by atoms with Crippen LogP contribution >= 0.6 is 0 Å². The van der Waals surface area contributed by atoms with Gasteiger partial charge in [0, 0.05) is 13.6 Å². The van der Waals surface area contributed by atoms with Crippen molar-refractivity contribution < 1.29 is 22.7 Å². The van der Waals surface area contributed by atoms with Crippen LogP contribution in [-0.2, 0) is 14.8 Å². The lowest BCUT2D eigenvalue weighted by Crippen LogP contribution is -2.31. The first-order chi connectivity index (χ1) is 14.1. The molecule has 0 aromatic heterocycles. The Morgan fingerprint density at radius 3 is 2.40 bits per heavy atom. The molecule has 0 aliphatic heterocycles. The third-order valence-electron chi connectivity index (χ3n) is 4.22. The first-order valence-corrected chi connectivity index (χ1v) is 11.0. The largest absolute Gasteiger partial charge is 0.481 e. The molecule has 8 nitrogen and oxygen atoms in total. The van der Waals surface area contributed by atoms with E-state index in [1.807, 2.05) is 0 Å². The van der Waals surface area contributed by atoms with Crippen LogP contribution in [0.15, 0.2) is 61.2 Å². The lowest BCUT2D eigenvalue weighted by molar-refractivity contribution is -0.122. The summed E-state index contributed by atoms with van der Waals surface area (Å²) < 4.78 is 30.0. The van der Waals surface area contributed by atoms with Gasteiger partial charge >= 0.3 is 0 Å². The van der Waals surface area contributed by atoms with Crippen molar-refractivity contribution in [3.05, 3.63) is 66.7 Å². The normalized spacial score (nSPS) is 11.8. The van der Waals surface area contributed by atoms with Crippen LogP contribution < -0.4 is 19.7 Å². The molecule has 0 saturated heterocycles. The molecule has 0 bridgehead atoms. The summed E-state index contributed by atoms with van der Waals surface area (Å²) in [4.78, 5) is 24.8. The second-order valence-corrected chi connectivity index (χ2v) is 8.53. The van der Waals surface area contributed by atoms with Crippen LogP contribution in [-0.4, -0.2) is 46.2 Å². The fourth-order valence-electron chi connectivity index (χ4n) is 2.47. The molecule has 9 heteroatoms. The summed E-state index contributed by atoms with van der Waals surface area (Å²) in [7, 11) is -1.92. The molecule has 0 aliphatic rings. The van der Waals surface area contributed by atoms with Gasteiger partial charge in [-0.25, -0.2) is 8.42 Å². The number of nitrogens with zero attached hydrogens (tertiary/aromatic N) is 1. The number of benzene rings is 2. The van der Waals surface area contributed by atoms with Gasteiger partial charge in [-0.2, -0.15) is 0 Å². The van der Waals surface area contributed by atoms with Crippen LogP contribution in [0.4, 0.5) is 11.4 Å². The molecular weight excluding hydrogens is 406 g/mol. The van der Waals surface area contributed by atoms with Gasteiger partial charge in [0.15, 0.2) is 6.10 Å². The maximum Gasteiger partial charge on any atom is 0.265 e. The Balaban J connectivity index is 2.05. The maximum absolute atomic E-state index is 12.5. The fourth-order valence-corrected chi connectivity index (χ4v) is 2.97. The second-order valence-electron chi connectivity index (χ2n) is 6.52. The van der Waals surface area contributed by atoms with Gasteiger partial charge in [-0.3, -0.25) is 13.9 Å². The van der Waals surface area contributed by atoms with E-state index in [4.69, 9.17) is 4.74 Å². The van der Waals surface area contributed by atoms with E-state index in [1.165, 1.54) is 7.05 Å². The smallest absolute Gasteiger partial charge is 0.265 e. The summed E-state index contributed by atoms with van der Waals surface area (Å²) in [5, 5.41) is 5.37. The molecule has 2 amide bonds. The van der Waals surface area contributed by atoms with Crippen LogP contribution in [0, 0.1) is 0 Å². The van der Waals surface area contributed by atoms with Crippen molar-refractivity contribution in [3.63, 3.8) is 0 Å². The first kappa shape index (κ1) is 23.0. The lowest BCUT2D eigenvalue weighted by atomic mass is 10.1. The summed E-state index contributed by atoms with van der Waals surface area (Å²) >= 11 is 0. The molecule has 0 aliphatic carbocycles. The van der Waals surface area contributed by atoms with Gasteiger partial charge < -0.3 is 15.4 Å². The van der Waals surface area contributed by atoms with Crippen LogP contribution in [0.25, 0.3) is 0 Å². The van der Waals surface area contributed by atoms with Crippen molar-refractivity contribution >= 4 is 33.2 Å². The van der Waals surface area contributed by atoms with E-state index in [1.54, 1.807) is 61.5 Å². The summed E-state index contributed by atoms with van der Waals surface area (Å²) in [6, 6.07) is 13.0. The van der Waals surface area contributed by atoms with E-state index in [-0.39, 0.29) is 5.91 Å². The van der Waals surface area contributed by atoms with Gasteiger partial charge in [-0.15, -0.1) is 6.58 Å². The van der Waals surface area contributed by atoms with E-state index < -0.39 is 22.0 Å². The standard InChI is InChI=1S/C21H25N3O5S/c1-5-14-22-21(26)18-8-6-7-9-19(18)23-20(25)15(2)29-17-12-10-16(11-13-17)24(3)30(4,27)28/h5-13,15H,1,14H2,2-4H3,(H,22,26)(H,23,25). The third kappa shape index (κ3) is 6.08. The highest BCUT2D eigenvalue weighted by Gasteiger charge is 2.19. The summed E-state index contributed by atoms with van der Waals surface area (Å²) in [6.45, 7) is 5.44. The molecule has 160 valence electrons. The molecule has 0 heterocycles. The van der Waals surface area contributed by atoms with Crippen molar-refractivity contribution in [2.75, 3.05) is 29.5 Å². The van der Waals surface area contributed by atoms with Crippen LogP contribution in [0.1, 0.15) is 17.3 Å². The number of nitrogens with one attached hydrogen (secondary N) is 2. The summed E-state index contributed by atoms with van der Waals surface area (Å²) in [6.07, 6.45) is 1.82. The zero-order valence-corrected chi connectivity index (χ0v) is 17.9. The van der Waals surface area contributed by atoms with E-state index in [0.29, 0.717) is 29.2 Å². The van der Waals surface area contributed by atoms with Crippen LogP contribution in [0.2, 0.25) is 0 Å². The molecular formula is C21H25N3O5S. The van der Waals surface area contributed by atoms with E-state index in [2.05, 4.69) is 17.2 Å². The average molecular weight is 432 g/mol. The van der Waals surface area contributed by atoms with Crippen molar-refractivity contribution in [2.24, 2.45) is 0 Å². The number of ether oxygens (including phenoxy) is 1. The van der Waals surface area contributed by atoms with Crippen LogP contribution in [0.5, 0.6) is 5.75 Å². The number of anilines is 2. The SMILES string of the molecule is C=CCNC(=O)c1ccccc1NC(=O)C(C)Oc1ccc(N(C)S(C)(=O)=O)cc1. The maximum atomic E-state index is 12.5. The molecule has 1 atom stereocenters. The minimum Gasteiger partial charge on any atom is -0.481 e. The molecule has 0 saturated carbocycles. The van der Waals surface area contributed by atoms with Crippen molar-refractivity contribution in [3.8, 4) is 5.75 Å². The van der Waals surface area contributed by atoms with Gasteiger partial charge in [0.25, 0.3) is 11.8 Å². The van der Waals surface area contributed by atoms with Gasteiger partial charge in [0.05, 0.1) is 23.2 Å². The Kier molecular flexibility index (Phi) is 7.60. The number of hydrogen-bond donors (Lipinski definition) is 2. The number of sulfonamides is 1. The Hall–Kier alpha value is -3.33. The highest BCUT2D eigenvalue weighted by molar-refractivity contribution is 7.92. The number of hydrogen-bond acceptors (Lipinski definition) is 5. The Morgan fingerprint density at radius 2 is 1.80 bits per heavy atom.